The van der Waals surface area contributed by atoms with Crippen molar-refractivity contribution in [2.24, 2.45) is 0 Å². The van der Waals surface area contributed by atoms with Crippen molar-refractivity contribution in [3.8, 4) is 44.6 Å². The molecule has 5 aromatic heterocycles. The molecule has 276 valence electrons. The highest BCUT2D eigenvalue weighted by Crippen LogP contribution is 2.43. The second-order valence-corrected chi connectivity index (χ2v) is 16.0. The van der Waals surface area contributed by atoms with Crippen LogP contribution in [0.15, 0.2) is 158 Å². The maximum atomic E-state index is 4.94. The van der Waals surface area contributed by atoms with Crippen LogP contribution in [0.3, 0.4) is 0 Å². The Hall–Kier alpha value is -7.24. The number of nitrogens with zero attached hydrogens (tertiary/aromatic N) is 4. The molecule has 5 heteroatoms. The van der Waals surface area contributed by atoms with Gasteiger partial charge in [-0.3, -0.25) is 14.6 Å². The van der Waals surface area contributed by atoms with E-state index < -0.39 is 0 Å². The number of nitrogens with one attached hydrogen (secondary N) is 1. The highest BCUT2D eigenvalue weighted by Gasteiger charge is 2.24. The molecule has 2 aliphatic carbocycles. The van der Waals surface area contributed by atoms with E-state index in [1.54, 1.807) is 0 Å². The Labute approximate surface area is 336 Å². The number of aromatic nitrogens is 5. The predicted octanol–water partition coefficient (Wildman–Crippen LogP) is 12.7. The summed E-state index contributed by atoms with van der Waals surface area (Å²) in [6, 6.07) is 48.4. The molecule has 0 unspecified atom stereocenters. The third-order valence-electron chi connectivity index (χ3n) is 12.4. The molecule has 10 aromatic rings. The van der Waals surface area contributed by atoms with E-state index in [-0.39, 0.29) is 0 Å². The first-order valence-corrected chi connectivity index (χ1v) is 20.3. The Bertz CT molecular complexity index is 3250. The van der Waals surface area contributed by atoms with Gasteiger partial charge < -0.3 is 4.98 Å². The molecule has 5 heterocycles. The molecule has 0 fully saturated rings. The summed E-state index contributed by atoms with van der Waals surface area (Å²) in [5, 5.41) is 3.82. The minimum Gasteiger partial charge on any atom is -0.358 e. The van der Waals surface area contributed by atoms with Crippen LogP contribution in [-0.4, -0.2) is 24.3 Å². The van der Waals surface area contributed by atoms with E-state index in [0.29, 0.717) is 0 Å². The fraction of sp³-hybridized carbons (Fsp3) is 0.0943. The van der Waals surface area contributed by atoms with Crippen molar-refractivity contribution >= 4 is 44.4 Å². The van der Waals surface area contributed by atoms with Crippen molar-refractivity contribution in [2.45, 2.75) is 32.6 Å². The van der Waals surface area contributed by atoms with E-state index >= 15 is 0 Å². The van der Waals surface area contributed by atoms with Gasteiger partial charge in [-0.25, -0.2) is 4.68 Å². The molecule has 0 spiro atoms. The number of H-pyrrole nitrogens is 1. The van der Waals surface area contributed by atoms with Crippen LogP contribution in [0, 0.1) is 6.92 Å². The van der Waals surface area contributed by atoms with Gasteiger partial charge in [-0.15, -0.1) is 0 Å². The summed E-state index contributed by atoms with van der Waals surface area (Å²) in [5.74, 6) is 0. The third-order valence-corrected chi connectivity index (χ3v) is 12.4. The number of pyridine rings is 2. The first-order chi connectivity index (χ1) is 28.6. The van der Waals surface area contributed by atoms with E-state index in [2.05, 4.69) is 167 Å². The minimum absolute atomic E-state index is 0.970. The molecule has 0 aliphatic heterocycles. The van der Waals surface area contributed by atoms with E-state index in [9.17, 15) is 0 Å². The number of hydrogen-bond donors (Lipinski definition) is 1. The first-order valence-electron chi connectivity index (χ1n) is 20.3. The molecule has 1 N–H and O–H groups in total. The molecule has 58 heavy (non-hydrogen) atoms. The standard InChI is InChI=1S/C53H39N5/c1-33-22-23-57(32-33)58-52-21-17-39(49-19-16-41(31-55-49)35-10-6-3-7-11-35)27-46(52)47-25-37-13-12-36-24-45-44-26-38(48-18-15-40(30-54-48)34-8-4-2-5-9-34)14-20-50(44)56-51(45)28-42(36)43(37)29-53(47)58/h2-11,15-19,21-32,56H,12-14,20H2,1H3. The molecule has 0 atom stereocenters. The second-order valence-electron chi connectivity index (χ2n) is 16.0. The lowest BCUT2D eigenvalue weighted by Gasteiger charge is -2.21. The summed E-state index contributed by atoms with van der Waals surface area (Å²) in [4.78, 5) is 13.7. The van der Waals surface area contributed by atoms with Crippen molar-refractivity contribution < 1.29 is 0 Å². The average Bonchev–Trinajstić information content (AvgIpc) is 3.97. The summed E-state index contributed by atoms with van der Waals surface area (Å²) in [6.45, 7) is 2.16. The molecule has 5 aromatic carbocycles. The molecular formula is C53H39N5. The lowest BCUT2D eigenvalue weighted by atomic mass is 9.83. The van der Waals surface area contributed by atoms with Crippen molar-refractivity contribution in [1.29, 1.82) is 0 Å². The SMILES string of the molecule is Cc1ccn(-n2c3ccc(-c4ccc(-c5ccccc5)cn4)cc3c3cc4c(cc32)-c2cc3[nH]c5c(c3cc2CC4)C=C(c2ccc(-c3ccccc3)cn2)CC5)c1. The van der Waals surface area contributed by atoms with Gasteiger partial charge in [0.15, 0.2) is 0 Å². The van der Waals surface area contributed by atoms with Crippen LogP contribution < -0.4 is 0 Å². The molecular weight excluding hydrogens is 707 g/mol. The molecule has 0 bridgehead atoms. The summed E-state index contributed by atoms with van der Waals surface area (Å²) >= 11 is 0. The monoisotopic (exact) mass is 745 g/mol. The highest BCUT2D eigenvalue weighted by atomic mass is 15.4. The maximum absolute atomic E-state index is 4.94. The number of hydrogen-bond acceptors (Lipinski definition) is 2. The fourth-order valence-corrected chi connectivity index (χ4v) is 9.48. The Morgan fingerprint density at radius 1 is 0.534 bits per heavy atom. The highest BCUT2D eigenvalue weighted by molar-refractivity contribution is 6.11. The number of aromatic amines is 1. The zero-order valence-electron chi connectivity index (χ0n) is 32.2. The van der Waals surface area contributed by atoms with Gasteiger partial charge in [0.05, 0.1) is 22.4 Å². The van der Waals surface area contributed by atoms with Crippen LogP contribution in [0.25, 0.3) is 89.0 Å². The number of aryl methyl sites for hydroxylation is 4. The van der Waals surface area contributed by atoms with E-state index in [0.717, 1.165) is 53.8 Å². The lowest BCUT2D eigenvalue weighted by Crippen LogP contribution is -2.07. The van der Waals surface area contributed by atoms with Gasteiger partial charge in [-0.2, -0.15) is 0 Å². The normalized spacial score (nSPS) is 13.4. The third kappa shape index (κ3) is 5.31. The number of rotatable bonds is 5. The van der Waals surface area contributed by atoms with Gasteiger partial charge in [-0.1, -0.05) is 78.9 Å². The van der Waals surface area contributed by atoms with Gasteiger partial charge in [0.1, 0.15) is 0 Å². The Kier molecular flexibility index (Phi) is 7.33. The summed E-state index contributed by atoms with van der Waals surface area (Å²) in [6.07, 6.45) is 14.7. The first kappa shape index (κ1) is 33.0. The molecule has 0 radical (unpaired) electrons. The van der Waals surface area contributed by atoms with Crippen LogP contribution in [0.2, 0.25) is 0 Å². The van der Waals surface area contributed by atoms with Gasteiger partial charge in [0.2, 0.25) is 0 Å². The Morgan fingerprint density at radius 3 is 1.86 bits per heavy atom. The number of allylic oxidation sites excluding steroid dienone is 1. The van der Waals surface area contributed by atoms with Crippen molar-refractivity contribution in [1.82, 2.24) is 24.3 Å². The smallest absolute Gasteiger partial charge is 0.0722 e. The summed E-state index contributed by atoms with van der Waals surface area (Å²) in [5.41, 5.74) is 22.0. The Balaban J connectivity index is 0.951. The average molecular weight is 746 g/mol. The van der Waals surface area contributed by atoms with Crippen LogP contribution in [0.5, 0.6) is 0 Å². The molecule has 12 rings (SSSR count). The van der Waals surface area contributed by atoms with Gasteiger partial charge >= 0.3 is 0 Å². The van der Waals surface area contributed by atoms with E-state index in [4.69, 9.17) is 9.97 Å². The van der Waals surface area contributed by atoms with Crippen molar-refractivity contribution in [3.05, 3.63) is 192 Å². The van der Waals surface area contributed by atoms with Crippen LogP contribution >= 0.6 is 0 Å². The summed E-state index contributed by atoms with van der Waals surface area (Å²) < 4.78 is 4.61. The van der Waals surface area contributed by atoms with Gasteiger partial charge in [-0.05, 0) is 138 Å². The van der Waals surface area contributed by atoms with Crippen LogP contribution in [0.4, 0.5) is 0 Å². The minimum atomic E-state index is 0.970. The molecule has 0 saturated heterocycles. The summed E-state index contributed by atoms with van der Waals surface area (Å²) in [7, 11) is 0. The number of fused-ring (bicyclic) bond motifs is 9. The van der Waals surface area contributed by atoms with Gasteiger partial charge in [0, 0.05) is 74.4 Å². The van der Waals surface area contributed by atoms with Gasteiger partial charge in [0.25, 0.3) is 0 Å². The number of benzene rings is 5. The molecule has 2 aliphatic rings. The topological polar surface area (TPSA) is 51.4 Å². The zero-order valence-corrected chi connectivity index (χ0v) is 32.2. The van der Waals surface area contributed by atoms with Crippen LogP contribution in [-0.2, 0) is 19.3 Å². The Morgan fingerprint density at radius 2 is 1.19 bits per heavy atom. The molecule has 0 saturated carbocycles. The van der Waals surface area contributed by atoms with Crippen molar-refractivity contribution in [3.63, 3.8) is 0 Å². The molecule has 5 nitrogen and oxygen atoms in total. The quantitative estimate of drug-likeness (QED) is 0.191. The van der Waals surface area contributed by atoms with E-state index in [1.165, 1.54) is 88.5 Å². The van der Waals surface area contributed by atoms with E-state index in [1.807, 2.05) is 18.5 Å². The lowest BCUT2D eigenvalue weighted by molar-refractivity contribution is 0.717. The van der Waals surface area contributed by atoms with Crippen LogP contribution in [0.1, 0.15) is 40.1 Å². The largest absolute Gasteiger partial charge is 0.358 e. The maximum Gasteiger partial charge on any atom is 0.0722 e. The second kappa shape index (κ2) is 12.9. The van der Waals surface area contributed by atoms with Crippen molar-refractivity contribution in [2.75, 3.05) is 0 Å². The molecule has 0 amide bonds. The fourth-order valence-electron chi connectivity index (χ4n) is 9.48. The zero-order chi connectivity index (χ0) is 38.3. The predicted molar refractivity (Wildman–Crippen MR) is 239 cm³/mol.